The van der Waals surface area contributed by atoms with Gasteiger partial charge in [0, 0.05) is 45.3 Å². The van der Waals surface area contributed by atoms with Crippen LogP contribution in [0, 0.1) is 5.82 Å². The highest BCUT2D eigenvalue weighted by Gasteiger charge is 2.14. The number of benzene rings is 2. The maximum atomic E-state index is 14.5. The van der Waals surface area contributed by atoms with Gasteiger partial charge < -0.3 is 5.32 Å². The van der Waals surface area contributed by atoms with Crippen LogP contribution in [0.3, 0.4) is 0 Å². The molecule has 2 aromatic carbocycles. The molecule has 0 saturated heterocycles. The largest absolute Gasteiger partial charge is 0.378 e. The first kappa shape index (κ1) is 17.5. The van der Waals surface area contributed by atoms with Crippen LogP contribution in [0.25, 0.3) is 22.0 Å². The summed E-state index contributed by atoms with van der Waals surface area (Å²) < 4.78 is 15.5. The molecule has 4 rings (SSSR count). The van der Waals surface area contributed by atoms with Gasteiger partial charge in [-0.2, -0.15) is 0 Å². The molecule has 1 N–H and O–H groups in total. The van der Waals surface area contributed by atoms with Gasteiger partial charge in [0.05, 0.1) is 11.6 Å². The van der Waals surface area contributed by atoms with Gasteiger partial charge in [0.1, 0.15) is 12.1 Å². The van der Waals surface area contributed by atoms with Gasteiger partial charge in [-0.25, -0.2) is 14.4 Å². The fourth-order valence-electron chi connectivity index (χ4n) is 3.06. The normalized spacial score (nSPS) is 12.1. The zero-order valence-corrected chi connectivity index (χ0v) is 16.1. The molecule has 6 heteroatoms. The van der Waals surface area contributed by atoms with E-state index >= 15 is 0 Å². The second-order valence-electron chi connectivity index (χ2n) is 6.25. The number of pyridine rings is 1. The second-order valence-corrected chi connectivity index (χ2v) is 7.17. The van der Waals surface area contributed by atoms with Crippen molar-refractivity contribution in [2.75, 3.05) is 5.32 Å². The van der Waals surface area contributed by atoms with E-state index in [1.54, 1.807) is 24.7 Å². The van der Waals surface area contributed by atoms with Gasteiger partial charge in [0.15, 0.2) is 0 Å². The minimum Gasteiger partial charge on any atom is -0.378 e. The van der Waals surface area contributed by atoms with Crippen molar-refractivity contribution in [3.8, 4) is 11.1 Å². The number of anilines is 1. The van der Waals surface area contributed by atoms with E-state index in [1.807, 2.05) is 37.3 Å². The molecule has 4 nitrogen and oxygen atoms in total. The van der Waals surface area contributed by atoms with E-state index in [1.165, 1.54) is 12.4 Å². The lowest BCUT2D eigenvalue weighted by atomic mass is 10.0. The Bertz CT molecular complexity index is 1100. The van der Waals surface area contributed by atoms with Gasteiger partial charge in [-0.3, -0.25) is 4.98 Å². The van der Waals surface area contributed by atoms with Crippen molar-refractivity contribution < 1.29 is 4.39 Å². The van der Waals surface area contributed by atoms with Crippen LogP contribution in [0.5, 0.6) is 0 Å². The van der Waals surface area contributed by atoms with Crippen LogP contribution >= 0.6 is 15.9 Å². The van der Waals surface area contributed by atoms with Gasteiger partial charge in [-0.1, -0.05) is 22.0 Å². The van der Waals surface area contributed by atoms with Crippen molar-refractivity contribution in [1.29, 1.82) is 0 Å². The molecule has 134 valence electrons. The van der Waals surface area contributed by atoms with E-state index in [9.17, 15) is 4.39 Å². The third-order valence-corrected chi connectivity index (χ3v) is 4.93. The van der Waals surface area contributed by atoms with Crippen molar-refractivity contribution in [3.63, 3.8) is 0 Å². The van der Waals surface area contributed by atoms with E-state index in [0.29, 0.717) is 5.56 Å². The maximum absolute atomic E-state index is 14.5. The zero-order valence-electron chi connectivity index (χ0n) is 14.5. The van der Waals surface area contributed by atoms with E-state index in [0.717, 1.165) is 32.2 Å². The number of fused-ring (bicyclic) bond motifs is 1. The van der Waals surface area contributed by atoms with Crippen LogP contribution in [-0.4, -0.2) is 15.0 Å². The molecule has 0 aliphatic rings. The topological polar surface area (TPSA) is 50.7 Å². The minimum atomic E-state index is -0.254. The first-order chi connectivity index (χ1) is 13.1. The van der Waals surface area contributed by atoms with Crippen LogP contribution in [0.4, 0.5) is 10.1 Å². The number of nitrogens with one attached hydrogen (secondary N) is 1. The van der Waals surface area contributed by atoms with Gasteiger partial charge in [0.25, 0.3) is 0 Å². The summed E-state index contributed by atoms with van der Waals surface area (Å²) in [5, 5.41) is 4.39. The fourth-order valence-corrected chi connectivity index (χ4v) is 3.42. The predicted octanol–water partition coefficient (Wildman–Crippen LogP) is 5.77. The summed E-state index contributed by atoms with van der Waals surface area (Å²) in [7, 11) is 0. The summed E-state index contributed by atoms with van der Waals surface area (Å²) in [6.45, 7) is 1.94. The van der Waals surface area contributed by atoms with Gasteiger partial charge >= 0.3 is 0 Å². The molecule has 2 aromatic heterocycles. The van der Waals surface area contributed by atoms with Gasteiger partial charge in [0.2, 0.25) is 0 Å². The first-order valence-corrected chi connectivity index (χ1v) is 9.27. The highest BCUT2D eigenvalue weighted by molar-refractivity contribution is 9.10. The second kappa shape index (κ2) is 7.40. The molecule has 0 bridgehead atoms. The Hall–Kier alpha value is -2.86. The number of nitrogens with zero attached hydrogens (tertiary/aromatic N) is 3. The number of aromatic nitrogens is 3. The first-order valence-electron chi connectivity index (χ1n) is 8.47. The van der Waals surface area contributed by atoms with E-state index in [-0.39, 0.29) is 11.9 Å². The summed E-state index contributed by atoms with van der Waals surface area (Å²) in [5.41, 5.74) is 4.09. The summed E-state index contributed by atoms with van der Waals surface area (Å²) in [4.78, 5) is 12.5. The quantitative estimate of drug-likeness (QED) is 0.453. The number of hydrogen-bond donors (Lipinski definition) is 1. The Morgan fingerprint density at radius 3 is 2.63 bits per heavy atom. The molecule has 0 aliphatic heterocycles. The highest BCUT2D eigenvalue weighted by Crippen LogP contribution is 2.30. The molecule has 27 heavy (non-hydrogen) atoms. The summed E-state index contributed by atoms with van der Waals surface area (Å²) in [5.74, 6) is -0.254. The summed E-state index contributed by atoms with van der Waals surface area (Å²) in [6, 6.07) is 12.6. The van der Waals surface area contributed by atoms with Crippen molar-refractivity contribution >= 4 is 32.5 Å². The number of halogens is 2. The van der Waals surface area contributed by atoms with Crippen molar-refractivity contribution in [3.05, 3.63) is 83.2 Å². The highest BCUT2D eigenvalue weighted by atomic mass is 79.9. The van der Waals surface area contributed by atoms with Crippen LogP contribution in [0.1, 0.15) is 18.5 Å². The number of rotatable bonds is 4. The van der Waals surface area contributed by atoms with Gasteiger partial charge in [-0.15, -0.1) is 0 Å². The van der Waals surface area contributed by atoms with Crippen molar-refractivity contribution in [1.82, 2.24) is 15.0 Å². The Morgan fingerprint density at radius 1 is 1.00 bits per heavy atom. The Labute approximate surface area is 164 Å². The Balaban J connectivity index is 1.70. The lowest BCUT2D eigenvalue weighted by molar-refractivity contribution is 0.600. The Morgan fingerprint density at radius 2 is 1.81 bits per heavy atom. The van der Waals surface area contributed by atoms with Crippen LogP contribution < -0.4 is 5.32 Å². The minimum absolute atomic E-state index is 0.237. The van der Waals surface area contributed by atoms with E-state index < -0.39 is 0 Å². The molecule has 0 aliphatic carbocycles. The molecular formula is C21H16BrFN4. The zero-order chi connectivity index (χ0) is 18.8. The predicted molar refractivity (Wildman–Crippen MR) is 109 cm³/mol. The summed E-state index contributed by atoms with van der Waals surface area (Å²) in [6.07, 6.45) is 6.66. The molecule has 0 saturated carbocycles. The lowest BCUT2D eigenvalue weighted by Crippen LogP contribution is -2.09. The molecule has 0 unspecified atom stereocenters. The van der Waals surface area contributed by atoms with Crippen LogP contribution in [-0.2, 0) is 0 Å². The SMILES string of the molecule is C[C@@H](Nc1ccnc2ccc(Br)cc12)c1cc(-c2cncnc2)ccc1F. The molecule has 0 spiro atoms. The average Bonchev–Trinajstić information content (AvgIpc) is 2.69. The number of hydrogen-bond acceptors (Lipinski definition) is 4. The molecule has 0 amide bonds. The molecule has 2 heterocycles. The van der Waals surface area contributed by atoms with Crippen molar-refractivity contribution in [2.24, 2.45) is 0 Å². The monoisotopic (exact) mass is 422 g/mol. The lowest BCUT2D eigenvalue weighted by Gasteiger charge is -2.19. The Kier molecular flexibility index (Phi) is 4.81. The van der Waals surface area contributed by atoms with Crippen LogP contribution in [0.15, 0.2) is 71.9 Å². The van der Waals surface area contributed by atoms with Gasteiger partial charge in [-0.05, 0) is 48.9 Å². The molecule has 4 aromatic rings. The fraction of sp³-hybridized carbons (Fsp3) is 0.0952. The summed E-state index contributed by atoms with van der Waals surface area (Å²) >= 11 is 3.50. The third-order valence-electron chi connectivity index (χ3n) is 4.43. The van der Waals surface area contributed by atoms with Crippen LogP contribution in [0.2, 0.25) is 0 Å². The van der Waals surface area contributed by atoms with Crippen molar-refractivity contribution in [2.45, 2.75) is 13.0 Å². The molecule has 0 fully saturated rings. The average molecular weight is 423 g/mol. The van der Waals surface area contributed by atoms with E-state index in [4.69, 9.17) is 0 Å². The molecular weight excluding hydrogens is 407 g/mol. The molecule has 1 atom stereocenters. The molecule has 0 radical (unpaired) electrons. The third kappa shape index (κ3) is 3.66. The maximum Gasteiger partial charge on any atom is 0.128 e. The smallest absolute Gasteiger partial charge is 0.128 e. The standard InChI is InChI=1S/C21H16BrFN4/c1-13(27-21-6-7-26-20-5-3-16(22)9-18(20)21)17-8-14(2-4-19(17)23)15-10-24-12-25-11-15/h2-13H,1H3,(H,26,27)/t13-/m1/s1. The van der Waals surface area contributed by atoms with E-state index in [2.05, 4.69) is 36.2 Å².